The first-order chi connectivity index (χ1) is 8.62. The Kier molecular flexibility index (Phi) is 3.71. The van der Waals surface area contributed by atoms with Crippen molar-refractivity contribution in [1.82, 2.24) is 9.97 Å². The Morgan fingerprint density at radius 3 is 2.67 bits per heavy atom. The molecule has 2 rings (SSSR count). The van der Waals surface area contributed by atoms with Crippen molar-refractivity contribution in [3.8, 4) is 0 Å². The zero-order valence-corrected chi connectivity index (χ0v) is 11.5. The first-order valence-electron chi connectivity index (χ1n) is 6.69. The summed E-state index contributed by atoms with van der Waals surface area (Å²) in [7, 11) is 0. The van der Waals surface area contributed by atoms with Gasteiger partial charge in [-0.3, -0.25) is 0 Å². The predicted molar refractivity (Wildman–Crippen MR) is 74.4 cm³/mol. The van der Waals surface area contributed by atoms with Crippen LogP contribution in [-0.4, -0.2) is 23.1 Å². The van der Waals surface area contributed by atoms with Gasteiger partial charge in [-0.25, -0.2) is 15.8 Å². The second kappa shape index (κ2) is 5.10. The minimum absolute atomic E-state index is 0.454. The molecule has 5 nitrogen and oxygen atoms in total. The monoisotopic (exact) mass is 249 g/mol. The lowest BCUT2D eigenvalue weighted by molar-refractivity contribution is 0.301. The summed E-state index contributed by atoms with van der Waals surface area (Å²) >= 11 is 0. The number of rotatable bonds is 4. The van der Waals surface area contributed by atoms with E-state index in [2.05, 4.69) is 34.1 Å². The zero-order chi connectivity index (χ0) is 13.2. The molecule has 1 fully saturated rings. The average molecular weight is 249 g/mol. The van der Waals surface area contributed by atoms with E-state index >= 15 is 0 Å². The lowest BCUT2D eigenvalue weighted by Gasteiger charge is -2.26. The van der Waals surface area contributed by atoms with Crippen molar-refractivity contribution in [2.24, 2.45) is 11.3 Å². The van der Waals surface area contributed by atoms with E-state index in [-0.39, 0.29) is 0 Å². The summed E-state index contributed by atoms with van der Waals surface area (Å²) in [6.45, 7) is 8.62. The molecule has 0 aromatic carbocycles. The smallest absolute Gasteiger partial charge is 0.145 e. The van der Waals surface area contributed by atoms with Gasteiger partial charge in [0.15, 0.2) is 0 Å². The van der Waals surface area contributed by atoms with Gasteiger partial charge >= 0.3 is 0 Å². The zero-order valence-electron chi connectivity index (χ0n) is 11.5. The lowest BCUT2D eigenvalue weighted by Crippen LogP contribution is -2.27. The SMILES string of the molecule is CCC1(CC)CCN(c2cc(NN)nc(C)n2)C1. The molecule has 1 saturated heterocycles. The van der Waals surface area contributed by atoms with Crippen molar-refractivity contribution >= 4 is 11.6 Å². The van der Waals surface area contributed by atoms with E-state index in [0.29, 0.717) is 11.2 Å². The van der Waals surface area contributed by atoms with Crippen molar-refractivity contribution in [2.75, 3.05) is 23.4 Å². The van der Waals surface area contributed by atoms with Crippen LogP contribution in [-0.2, 0) is 0 Å². The maximum absolute atomic E-state index is 5.43. The first-order valence-corrected chi connectivity index (χ1v) is 6.69. The highest BCUT2D eigenvalue weighted by Crippen LogP contribution is 2.38. The van der Waals surface area contributed by atoms with Gasteiger partial charge in [0, 0.05) is 19.2 Å². The van der Waals surface area contributed by atoms with Crippen LogP contribution in [0.5, 0.6) is 0 Å². The van der Waals surface area contributed by atoms with Crippen molar-refractivity contribution in [3.63, 3.8) is 0 Å². The molecule has 0 unspecified atom stereocenters. The van der Waals surface area contributed by atoms with Crippen LogP contribution in [0.2, 0.25) is 0 Å². The van der Waals surface area contributed by atoms with Crippen LogP contribution in [0.25, 0.3) is 0 Å². The number of hydrazine groups is 1. The number of nitrogens with one attached hydrogen (secondary N) is 1. The quantitative estimate of drug-likeness (QED) is 0.632. The molecule has 0 atom stereocenters. The van der Waals surface area contributed by atoms with Crippen LogP contribution in [0.1, 0.15) is 38.9 Å². The van der Waals surface area contributed by atoms with E-state index in [1.165, 1.54) is 19.3 Å². The van der Waals surface area contributed by atoms with E-state index in [1.807, 2.05) is 13.0 Å². The van der Waals surface area contributed by atoms with Gasteiger partial charge in [0.05, 0.1) is 0 Å². The number of anilines is 2. The Labute approximate surface area is 109 Å². The Hall–Kier alpha value is -1.36. The number of hydrogen-bond acceptors (Lipinski definition) is 5. The third-order valence-corrected chi connectivity index (χ3v) is 4.23. The number of aryl methyl sites for hydroxylation is 1. The second-order valence-electron chi connectivity index (χ2n) is 5.18. The summed E-state index contributed by atoms with van der Waals surface area (Å²) in [6, 6.07) is 1.92. The van der Waals surface area contributed by atoms with Gasteiger partial charge in [-0.1, -0.05) is 13.8 Å². The molecular formula is C13H23N5. The van der Waals surface area contributed by atoms with Crippen LogP contribution < -0.4 is 16.2 Å². The van der Waals surface area contributed by atoms with Crippen molar-refractivity contribution in [2.45, 2.75) is 40.0 Å². The van der Waals surface area contributed by atoms with Crippen LogP contribution >= 0.6 is 0 Å². The molecule has 0 radical (unpaired) electrons. The maximum Gasteiger partial charge on any atom is 0.145 e. The summed E-state index contributed by atoms with van der Waals surface area (Å²) in [5, 5.41) is 0. The normalized spacial score (nSPS) is 18.1. The standard InChI is InChI=1S/C13H23N5/c1-4-13(5-2)6-7-18(9-13)12-8-11(17-14)15-10(3)16-12/h8H,4-7,9,14H2,1-3H3,(H,15,16,17). The van der Waals surface area contributed by atoms with Gasteiger partial charge in [-0.05, 0) is 31.6 Å². The van der Waals surface area contributed by atoms with Crippen LogP contribution in [0.3, 0.4) is 0 Å². The molecule has 18 heavy (non-hydrogen) atoms. The number of nitrogen functional groups attached to an aromatic ring is 1. The van der Waals surface area contributed by atoms with Crippen LogP contribution in [0.15, 0.2) is 6.07 Å². The third-order valence-electron chi connectivity index (χ3n) is 4.23. The molecule has 0 spiro atoms. The Bertz CT molecular complexity index is 414. The van der Waals surface area contributed by atoms with Gasteiger partial charge < -0.3 is 10.3 Å². The van der Waals surface area contributed by atoms with E-state index in [1.54, 1.807) is 0 Å². The number of aromatic nitrogens is 2. The Morgan fingerprint density at radius 2 is 2.11 bits per heavy atom. The molecule has 1 aliphatic heterocycles. The summed E-state index contributed by atoms with van der Waals surface area (Å²) in [5.41, 5.74) is 3.06. The molecule has 1 aliphatic rings. The molecule has 1 aromatic rings. The van der Waals surface area contributed by atoms with Gasteiger partial charge in [-0.15, -0.1) is 0 Å². The van der Waals surface area contributed by atoms with Crippen LogP contribution in [0, 0.1) is 12.3 Å². The number of hydrogen-bond donors (Lipinski definition) is 2. The maximum atomic E-state index is 5.43. The fourth-order valence-electron chi connectivity index (χ4n) is 2.75. The molecule has 0 saturated carbocycles. The number of nitrogens with zero attached hydrogens (tertiary/aromatic N) is 3. The molecule has 5 heteroatoms. The molecular weight excluding hydrogens is 226 g/mol. The Morgan fingerprint density at radius 1 is 1.39 bits per heavy atom. The third kappa shape index (κ3) is 2.41. The largest absolute Gasteiger partial charge is 0.356 e. The van der Waals surface area contributed by atoms with E-state index in [4.69, 9.17) is 5.84 Å². The van der Waals surface area contributed by atoms with Gasteiger partial charge in [0.1, 0.15) is 17.5 Å². The molecule has 0 aliphatic carbocycles. The molecule has 100 valence electrons. The lowest BCUT2D eigenvalue weighted by atomic mass is 9.82. The molecule has 1 aromatic heterocycles. The minimum atomic E-state index is 0.454. The average Bonchev–Trinajstić information content (AvgIpc) is 2.83. The highest BCUT2D eigenvalue weighted by Gasteiger charge is 2.35. The van der Waals surface area contributed by atoms with E-state index in [9.17, 15) is 0 Å². The van der Waals surface area contributed by atoms with Gasteiger partial charge in [0.2, 0.25) is 0 Å². The predicted octanol–water partition coefficient (Wildman–Crippen LogP) is 2.09. The topological polar surface area (TPSA) is 67.1 Å². The van der Waals surface area contributed by atoms with Crippen molar-refractivity contribution < 1.29 is 0 Å². The first kappa shape index (κ1) is 13.1. The van der Waals surface area contributed by atoms with E-state index in [0.717, 1.165) is 24.7 Å². The van der Waals surface area contributed by atoms with Gasteiger partial charge in [0.25, 0.3) is 0 Å². The second-order valence-corrected chi connectivity index (χ2v) is 5.18. The number of nitrogens with two attached hydrogens (primary N) is 1. The van der Waals surface area contributed by atoms with Crippen molar-refractivity contribution in [1.29, 1.82) is 0 Å². The molecule has 0 bridgehead atoms. The molecule has 2 heterocycles. The molecule has 0 amide bonds. The summed E-state index contributed by atoms with van der Waals surface area (Å²) in [6.07, 6.45) is 3.70. The summed E-state index contributed by atoms with van der Waals surface area (Å²) < 4.78 is 0. The summed E-state index contributed by atoms with van der Waals surface area (Å²) in [4.78, 5) is 11.1. The highest BCUT2D eigenvalue weighted by atomic mass is 15.3. The van der Waals surface area contributed by atoms with Crippen molar-refractivity contribution in [3.05, 3.63) is 11.9 Å². The van der Waals surface area contributed by atoms with Gasteiger partial charge in [-0.2, -0.15) is 0 Å². The molecule has 3 N–H and O–H groups in total. The van der Waals surface area contributed by atoms with Crippen LogP contribution in [0.4, 0.5) is 11.6 Å². The van der Waals surface area contributed by atoms with E-state index < -0.39 is 0 Å². The summed E-state index contributed by atoms with van der Waals surface area (Å²) in [5.74, 6) is 7.86. The fraction of sp³-hybridized carbons (Fsp3) is 0.692. The fourth-order valence-corrected chi connectivity index (χ4v) is 2.75. The minimum Gasteiger partial charge on any atom is -0.356 e. The highest BCUT2D eigenvalue weighted by molar-refractivity contribution is 5.49. The Balaban J connectivity index is 2.21.